The second kappa shape index (κ2) is 11.1. The topological polar surface area (TPSA) is 82.1 Å². The van der Waals surface area contributed by atoms with E-state index in [0.29, 0.717) is 30.6 Å². The van der Waals surface area contributed by atoms with Crippen molar-refractivity contribution in [1.29, 1.82) is 0 Å². The number of ether oxygens (including phenoxy) is 3. The monoisotopic (exact) mass is 587 g/mol. The van der Waals surface area contributed by atoms with Crippen molar-refractivity contribution < 1.29 is 28.6 Å². The normalized spacial score (nSPS) is 14.8. The summed E-state index contributed by atoms with van der Waals surface area (Å²) in [6, 6.07) is 10.5. The van der Waals surface area contributed by atoms with Gasteiger partial charge in [0.25, 0.3) is 11.1 Å². The Morgan fingerprint density at radius 3 is 2.72 bits per heavy atom. The number of benzene rings is 2. The molecule has 1 fully saturated rings. The Bertz CT molecular complexity index is 1090. The number of rotatable bonds is 8. The molecule has 0 aromatic heterocycles. The van der Waals surface area contributed by atoms with E-state index < -0.39 is 5.97 Å². The van der Waals surface area contributed by atoms with Crippen LogP contribution in [0.5, 0.6) is 11.5 Å². The van der Waals surface area contributed by atoms with Crippen LogP contribution in [0.3, 0.4) is 0 Å². The summed E-state index contributed by atoms with van der Waals surface area (Å²) in [5.41, 5.74) is 1.42. The summed E-state index contributed by atoms with van der Waals surface area (Å²) in [4.78, 5) is 38.3. The zero-order valence-electron chi connectivity index (χ0n) is 17.2. The van der Waals surface area contributed by atoms with Crippen LogP contribution in [-0.2, 0) is 20.9 Å². The van der Waals surface area contributed by atoms with E-state index in [9.17, 15) is 14.4 Å². The number of halogens is 2. The van der Waals surface area contributed by atoms with Gasteiger partial charge in [0.05, 0.1) is 28.7 Å². The van der Waals surface area contributed by atoms with E-state index in [4.69, 9.17) is 25.8 Å². The molecule has 7 nitrogen and oxygen atoms in total. The van der Waals surface area contributed by atoms with Crippen LogP contribution in [0.15, 0.2) is 41.3 Å². The number of hydrogen-bond donors (Lipinski definition) is 0. The fraction of sp³-hybridized carbons (Fsp3) is 0.227. The quantitative estimate of drug-likeness (QED) is 0.241. The first-order valence-electron chi connectivity index (χ1n) is 9.48. The number of methoxy groups -OCH3 is 1. The fourth-order valence-corrected chi connectivity index (χ4v) is 4.73. The number of imide groups is 1. The first kappa shape index (κ1) is 24.4. The third-order valence-corrected chi connectivity index (χ3v) is 6.24. The van der Waals surface area contributed by atoms with Gasteiger partial charge < -0.3 is 14.2 Å². The minimum Gasteiger partial charge on any atom is -0.493 e. The van der Waals surface area contributed by atoms with Crippen LogP contribution in [-0.4, -0.2) is 42.3 Å². The molecule has 1 aliphatic heterocycles. The molecule has 0 aliphatic carbocycles. The summed E-state index contributed by atoms with van der Waals surface area (Å²) in [5, 5.41) is 0.189. The van der Waals surface area contributed by atoms with E-state index >= 15 is 0 Å². The minimum absolute atomic E-state index is 0.143. The predicted octanol–water partition coefficient (Wildman–Crippen LogP) is 5.13. The van der Waals surface area contributed by atoms with Crippen LogP contribution in [0.4, 0.5) is 4.79 Å². The second-order valence-corrected chi connectivity index (χ2v) is 9.12. The maximum atomic E-state index is 12.8. The van der Waals surface area contributed by atoms with E-state index in [1.54, 1.807) is 49.4 Å². The molecule has 0 atom stereocenters. The minimum atomic E-state index is -0.484. The molecular formula is C22H19ClINO6S. The molecule has 3 rings (SSSR count). The number of esters is 1. The smallest absolute Gasteiger partial charge is 0.344 e. The summed E-state index contributed by atoms with van der Waals surface area (Å²) in [7, 11) is 1.48. The molecule has 0 radical (unpaired) electrons. The van der Waals surface area contributed by atoms with Crippen LogP contribution in [0.25, 0.3) is 6.08 Å². The molecule has 1 saturated heterocycles. The molecular weight excluding hydrogens is 569 g/mol. The Hall–Kier alpha value is -2.24. The van der Waals surface area contributed by atoms with Gasteiger partial charge in [-0.25, -0.2) is 4.79 Å². The first-order valence-corrected chi connectivity index (χ1v) is 11.8. The second-order valence-electron chi connectivity index (χ2n) is 6.53. The Labute approximate surface area is 208 Å². The SMILES string of the molecule is CCOC(=O)COc1c(I)cc(/C=C2\SC(=O)N(Cc3cccc(Cl)c3)C2=O)cc1OC. The number of nitrogens with zero attached hydrogens (tertiary/aromatic N) is 1. The first-order chi connectivity index (χ1) is 15.3. The van der Waals surface area contributed by atoms with Crippen LogP contribution in [0.1, 0.15) is 18.1 Å². The average molecular weight is 588 g/mol. The molecule has 168 valence electrons. The zero-order valence-corrected chi connectivity index (χ0v) is 21.0. The lowest BCUT2D eigenvalue weighted by Crippen LogP contribution is -2.27. The van der Waals surface area contributed by atoms with Gasteiger partial charge in [0, 0.05) is 5.02 Å². The molecule has 2 aromatic rings. The van der Waals surface area contributed by atoms with E-state index in [1.165, 1.54) is 12.0 Å². The zero-order chi connectivity index (χ0) is 23.3. The van der Waals surface area contributed by atoms with Gasteiger partial charge in [-0.3, -0.25) is 14.5 Å². The molecule has 2 aromatic carbocycles. The highest BCUT2D eigenvalue weighted by atomic mass is 127. The fourth-order valence-electron chi connectivity index (χ4n) is 2.90. The molecule has 0 bridgehead atoms. The maximum Gasteiger partial charge on any atom is 0.344 e. The Balaban J connectivity index is 1.80. The van der Waals surface area contributed by atoms with Crippen LogP contribution >= 0.6 is 46.0 Å². The Morgan fingerprint density at radius 1 is 1.25 bits per heavy atom. The number of thioether (sulfide) groups is 1. The van der Waals surface area contributed by atoms with E-state index in [-0.39, 0.29) is 30.9 Å². The summed E-state index contributed by atoms with van der Waals surface area (Å²) >= 11 is 8.92. The summed E-state index contributed by atoms with van der Waals surface area (Å²) in [6.07, 6.45) is 1.63. The van der Waals surface area contributed by atoms with E-state index in [1.807, 2.05) is 0 Å². The standard InChI is InChI=1S/C22H19ClINO6S/c1-3-30-19(26)12-31-20-16(24)8-14(9-17(20)29-2)10-18-21(27)25(22(28)32-18)11-13-5-4-6-15(23)7-13/h4-10H,3,11-12H2,1-2H3/b18-10-. The van der Waals surface area contributed by atoms with Crippen LogP contribution < -0.4 is 9.47 Å². The molecule has 10 heteroatoms. The lowest BCUT2D eigenvalue weighted by atomic mass is 10.1. The van der Waals surface area contributed by atoms with Crippen LogP contribution in [0.2, 0.25) is 5.02 Å². The van der Waals surface area contributed by atoms with Crippen molar-refractivity contribution in [2.24, 2.45) is 0 Å². The lowest BCUT2D eigenvalue weighted by Gasteiger charge is -2.13. The van der Waals surface area contributed by atoms with Crippen molar-refractivity contribution >= 4 is 69.1 Å². The maximum absolute atomic E-state index is 12.8. The van der Waals surface area contributed by atoms with Gasteiger partial charge >= 0.3 is 5.97 Å². The molecule has 2 amide bonds. The molecule has 0 saturated carbocycles. The van der Waals surface area contributed by atoms with Crippen molar-refractivity contribution in [3.05, 3.63) is 61.0 Å². The molecule has 0 N–H and O–H groups in total. The van der Waals surface area contributed by atoms with Crippen molar-refractivity contribution in [3.8, 4) is 11.5 Å². The number of amides is 2. The van der Waals surface area contributed by atoms with Gasteiger partial charge in [0.2, 0.25) is 0 Å². The lowest BCUT2D eigenvalue weighted by molar-refractivity contribution is -0.145. The largest absolute Gasteiger partial charge is 0.493 e. The Kier molecular flexibility index (Phi) is 8.44. The van der Waals surface area contributed by atoms with Gasteiger partial charge in [0.1, 0.15) is 0 Å². The van der Waals surface area contributed by atoms with Crippen molar-refractivity contribution in [1.82, 2.24) is 4.90 Å². The number of hydrogen-bond acceptors (Lipinski definition) is 7. The number of carbonyl (C=O) groups excluding carboxylic acids is 3. The highest BCUT2D eigenvalue weighted by molar-refractivity contribution is 14.1. The van der Waals surface area contributed by atoms with Crippen LogP contribution in [0, 0.1) is 3.57 Å². The summed E-state index contributed by atoms with van der Waals surface area (Å²) < 4.78 is 16.5. The molecule has 1 aliphatic rings. The number of carbonyl (C=O) groups is 3. The van der Waals surface area contributed by atoms with Gasteiger partial charge in [-0.15, -0.1) is 0 Å². The van der Waals surface area contributed by atoms with E-state index in [2.05, 4.69) is 22.6 Å². The molecule has 32 heavy (non-hydrogen) atoms. The van der Waals surface area contributed by atoms with E-state index in [0.717, 1.165) is 17.3 Å². The van der Waals surface area contributed by atoms with Crippen molar-refractivity contribution in [3.63, 3.8) is 0 Å². The van der Waals surface area contributed by atoms with Crippen molar-refractivity contribution in [2.75, 3.05) is 20.3 Å². The van der Waals surface area contributed by atoms with Gasteiger partial charge in [-0.05, 0) is 82.7 Å². The van der Waals surface area contributed by atoms with Gasteiger partial charge in [-0.1, -0.05) is 23.7 Å². The predicted molar refractivity (Wildman–Crippen MR) is 131 cm³/mol. The van der Waals surface area contributed by atoms with Gasteiger partial charge in [-0.2, -0.15) is 0 Å². The van der Waals surface area contributed by atoms with Crippen molar-refractivity contribution in [2.45, 2.75) is 13.5 Å². The summed E-state index contributed by atoms with van der Waals surface area (Å²) in [5.74, 6) is -0.0719. The van der Waals surface area contributed by atoms with Gasteiger partial charge in [0.15, 0.2) is 18.1 Å². The highest BCUT2D eigenvalue weighted by Crippen LogP contribution is 2.37. The third-order valence-electron chi connectivity index (χ3n) is 4.29. The third kappa shape index (κ3) is 5.96. The average Bonchev–Trinajstić information content (AvgIpc) is 3.00. The summed E-state index contributed by atoms with van der Waals surface area (Å²) in [6.45, 7) is 1.88. The molecule has 0 spiro atoms. The highest BCUT2D eigenvalue weighted by Gasteiger charge is 2.35. The Morgan fingerprint density at radius 2 is 2.03 bits per heavy atom. The molecule has 0 unspecified atom stereocenters. The molecule has 1 heterocycles.